The monoisotopic (exact) mass is 756 g/mol. The molecule has 4 aliphatic heterocycles. The minimum Gasteiger partial charge on any atom is -0.454 e. The molecule has 0 spiro atoms. The normalized spacial score (nSPS) is 19.5. The SMILES string of the molecule is Cc1c(F)c(F)c(OC(=O)c2cnc(N3CCC(CN4CC(=O)N5C(Cc6c([nH]c7ccccc67)C5c5ccc6c(c5)OCO6)C4=O)CC3)nc2)c(F)c1F. The average molecular weight is 757 g/mol. The molecule has 0 saturated carbocycles. The lowest BCUT2D eigenvalue weighted by Gasteiger charge is -2.48. The van der Waals surface area contributed by atoms with Gasteiger partial charge in [-0.05, 0) is 55.0 Å². The van der Waals surface area contributed by atoms with E-state index >= 15 is 0 Å². The van der Waals surface area contributed by atoms with Gasteiger partial charge in [0.1, 0.15) is 6.04 Å². The molecule has 4 aliphatic rings. The van der Waals surface area contributed by atoms with Crippen molar-refractivity contribution in [3.63, 3.8) is 0 Å². The predicted octanol–water partition coefficient (Wildman–Crippen LogP) is 5.37. The maximum Gasteiger partial charge on any atom is 0.346 e. The van der Waals surface area contributed by atoms with E-state index in [1.54, 1.807) is 9.80 Å². The lowest BCUT2D eigenvalue weighted by atomic mass is 9.85. The molecule has 0 radical (unpaired) electrons. The minimum absolute atomic E-state index is 0.0531. The molecule has 2 aromatic heterocycles. The standard InChI is InChI=1S/C39H32F4N6O6/c1-19-30(40)32(42)36(33(43)31(19)41)55-38(52)22-14-44-39(45-15-22)47-10-8-20(9-11-47)16-48-17-29(50)49-26(37(48)51)13-24-23-4-2-3-5-25(23)46-34(24)35(49)21-6-7-27-28(12-21)54-18-53-27/h2-7,12,14-15,20,26,35,46H,8-11,13,16-18H2,1H3. The van der Waals surface area contributed by atoms with Crippen molar-refractivity contribution in [1.82, 2.24) is 24.8 Å². The van der Waals surface area contributed by atoms with Crippen LogP contribution in [0.5, 0.6) is 17.2 Å². The number of carbonyl (C=O) groups excluding carboxylic acids is 3. The molecule has 2 amide bonds. The molecular formula is C39H32F4N6O6. The van der Waals surface area contributed by atoms with Crippen LogP contribution < -0.4 is 19.1 Å². The zero-order valence-electron chi connectivity index (χ0n) is 29.3. The molecule has 12 nitrogen and oxygen atoms in total. The van der Waals surface area contributed by atoms with Crippen LogP contribution in [0.1, 0.15) is 51.6 Å². The first kappa shape index (κ1) is 34.6. The van der Waals surface area contributed by atoms with E-state index in [4.69, 9.17) is 9.47 Å². The second-order valence-corrected chi connectivity index (χ2v) is 14.1. The Morgan fingerprint density at radius 1 is 0.945 bits per heavy atom. The number of carbonyl (C=O) groups is 3. The average Bonchev–Trinajstić information content (AvgIpc) is 3.84. The number of para-hydroxylation sites is 1. The fourth-order valence-electron chi connectivity index (χ4n) is 8.09. The van der Waals surface area contributed by atoms with E-state index in [-0.39, 0.29) is 42.6 Å². The first-order valence-electron chi connectivity index (χ1n) is 17.8. The van der Waals surface area contributed by atoms with Gasteiger partial charge in [0, 0.05) is 60.6 Å². The van der Waals surface area contributed by atoms with E-state index in [0.29, 0.717) is 50.4 Å². The number of nitrogens with zero attached hydrogens (tertiary/aromatic N) is 5. The van der Waals surface area contributed by atoms with Gasteiger partial charge in [-0.15, -0.1) is 0 Å². The Morgan fingerprint density at radius 3 is 2.40 bits per heavy atom. The van der Waals surface area contributed by atoms with Gasteiger partial charge in [0.05, 0.1) is 18.2 Å². The van der Waals surface area contributed by atoms with E-state index in [1.807, 2.05) is 47.4 Å². The zero-order valence-corrected chi connectivity index (χ0v) is 29.3. The molecule has 3 aromatic carbocycles. The summed E-state index contributed by atoms with van der Waals surface area (Å²) in [5, 5.41) is 1.01. The minimum atomic E-state index is -1.83. The quantitative estimate of drug-likeness (QED) is 0.105. The third kappa shape index (κ3) is 5.77. The van der Waals surface area contributed by atoms with Crippen LogP contribution in [0, 0.1) is 36.1 Å². The molecule has 0 bridgehead atoms. The number of rotatable bonds is 6. The second-order valence-electron chi connectivity index (χ2n) is 14.1. The lowest BCUT2D eigenvalue weighted by Crippen LogP contribution is -2.63. The molecule has 5 aromatic rings. The van der Waals surface area contributed by atoms with E-state index in [2.05, 4.69) is 19.7 Å². The fourth-order valence-corrected chi connectivity index (χ4v) is 8.09. The number of hydrogen-bond donors (Lipinski definition) is 1. The van der Waals surface area contributed by atoms with E-state index in [9.17, 15) is 31.9 Å². The summed E-state index contributed by atoms with van der Waals surface area (Å²) in [6, 6.07) is 12.3. The van der Waals surface area contributed by atoms with Crippen molar-refractivity contribution in [2.45, 2.75) is 38.3 Å². The summed E-state index contributed by atoms with van der Waals surface area (Å²) in [6.07, 6.45) is 3.89. The van der Waals surface area contributed by atoms with Crippen LogP contribution in [0.3, 0.4) is 0 Å². The number of aromatic amines is 1. The molecule has 0 aliphatic carbocycles. The Hall–Kier alpha value is -6.19. The second kappa shape index (κ2) is 13.3. The number of piperazine rings is 1. The molecule has 6 heterocycles. The van der Waals surface area contributed by atoms with Gasteiger partial charge in [-0.25, -0.2) is 23.5 Å². The Balaban J connectivity index is 0.876. The molecule has 9 rings (SSSR count). The van der Waals surface area contributed by atoms with Gasteiger partial charge in [0.2, 0.25) is 41.9 Å². The Morgan fingerprint density at radius 2 is 1.65 bits per heavy atom. The van der Waals surface area contributed by atoms with Gasteiger partial charge in [0.25, 0.3) is 0 Å². The number of piperidine rings is 1. The number of ether oxygens (including phenoxy) is 3. The number of aromatic nitrogens is 3. The number of benzene rings is 3. The van der Waals surface area contributed by atoms with Crippen molar-refractivity contribution >= 4 is 34.6 Å². The predicted molar refractivity (Wildman–Crippen MR) is 187 cm³/mol. The topological polar surface area (TPSA) is 130 Å². The van der Waals surface area contributed by atoms with E-state index in [1.165, 1.54) is 0 Å². The van der Waals surface area contributed by atoms with Crippen molar-refractivity contribution in [3.8, 4) is 17.2 Å². The number of halogens is 4. The van der Waals surface area contributed by atoms with Crippen LogP contribution in [0.25, 0.3) is 10.9 Å². The molecular weight excluding hydrogens is 724 g/mol. The van der Waals surface area contributed by atoms with Crippen LogP contribution in [0.15, 0.2) is 54.9 Å². The van der Waals surface area contributed by atoms with E-state index in [0.717, 1.165) is 47.0 Å². The van der Waals surface area contributed by atoms with Gasteiger partial charge >= 0.3 is 5.97 Å². The number of anilines is 1. The number of nitrogens with one attached hydrogen (secondary N) is 1. The van der Waals surface area contributed by atoms with Crippen LogP contribution in [0.4, 0.5) is 23.5 Å². The number of amides is 2. The maximum atomic E-state index is 14.3. The summed E-state index contributed by atoms with van der Waals surface area (Å²) in [4.78, 5) is 58.2. The molecule has 2 atom stereocenters. The number of esters is 1. The van der Waals surface area contributed by atoms with Crippen molar-refractivity contribution in [2.75, 3.05) is 37.9 Å². The highest BCUT2D eigenvalue weighted by atomic mass is 19.2. The zero-order chi connectivity index (χ0) is 38.1. The van der Waals surface area contributed by atoms with Crippen molar-refractivity contribution < 1.29 is 46.2 Å². The van der Waals surface area contributed by atoms with Gasteiger partial charge in [-0.1, -0.05) is 24.3 Å². The number of H-pyrrole nitrogens is 1. The summed E-state index contributed by atoms with van der Waals surface area (Å²) >= 11 is 0. The van der Waals surface area contributed by atoms with Gasteiger partial charge in [-0.2, -0.15) is 8.78 Å². The van der Waals surface area contributed by atoms with Crippen molar-refractivity contribution in [2.24, 2.45) is 5.92 Å². The maximum absolute atomic E-state index is 14.3. The van der Waals surface area contributed by atoms with Crippen LogP contribution in [-0.2, 0) is 16.0 Å². The summed E-state index contributed by atoms with van der Waals surface area (Å²) in [5.41, 5.74) is 2.47. The van der Waals surface area contributed by atoms with E-state index < -0.39 is 52.6 Å². The molecule has 1 N–H and O–H groups in total. The molecule has 16 heteroatoms. The fraction of sp³-hybridized carbons (Fsp3) is 0.308. The third-order valence-corrected chi connectivity index (χ3v) is 10.9. The molecule has 282 valence electrons. The Bertz CT molecular complexity index is 2370. The summed E-state index contributed by atoms with van der Waals surface area (Å²) in [7, 11) is 0. The van der Waals surface area contributed by atoms with Gasteiger partial charge in [-0.3, -0.25) is 9.59 Å². The van der Waals surface area contributed by atoms with Crippen molar-refractivity contribution in [1.29, 1.82) is 0 Å². The van der Waals surface area contributed by atoms with Gasteiger partial charge in [0.15, 0.2) is 23.1 Å². The summed E-state index contributed by atoms with van der Waals surface area (Å²) in [5.74, 6) is -8.45. The summed E-state index contributed by atoms with van der Waals surface area (Å²) in [6.45, 7) is 2.35. The highest BCUT2D eigenvalue weighted by molar-refractivity contribution is 5.97. The molecule has 55 heavy (non-hydrogen) atoms. The first-order valence-corrected chi connectivity index (χ1v) is 17.8. The highest BCUT2D eigenvalue weighted by Crippen LogP contribution is 2.45. The molecule has 2 unspecified atom stereocenters. The summed E-state index contributed by atoms with van der Waals surface area (Å²) < 4.78 is 72.2. The largest absolute Gasteiger partial charge is 0.454 e. The number of fused-ring (bicyclic) bond motifs is 5. The first-order chi connectivity index (χ1) is 26.6. The van der Waals surface area contributed by atoms with Crippen LogP contribution >= 0.6 is 0 Å². The number of hydrogen-bond acceptors (Lipinski definition) is 9. The van der Waals surface area contributed by atoms with Gasteiger partial charge < -0.3 is 33.9 Å². The Labute approximate surface area is 310 Å². The Kier molecular flexibility index (Phi) is 8.35. The third-order valence-electron chi connectivity index (χ3n) is 10.9. The lowest BCUT2D eigenvalue weighted by molar-refractivity contribution is -0.159. The highest BCUT2D eigenvalue weighted by Gasteiger charge is 2.49. The van der Waals surface area contributed by atoms with Crippen LogP contribution in [0.2, 0.25) is 0 Å². The van der Waals surface area contributed by atoms with Crippen LogP contribution in [-0.4, -0.2) is 81.5 Å². The van der Waals surface area contributed by atoms with Crippen molar-refractivity contribution in [3.05, 3.63) is 106 Å². The smallest absolute Gasteiger partial charge is 0.346 e. The molecule has 2 fully saturated rings. The molecule has 2 saturated heterocycles.